The van der Waals surface area contributed by atoms with Gasteiger partial charge < -0.3 is 10.3 Å². The number of sulfone groups is 1. The zero-order chi connectivity index (χ0) is 16.7. The number of aromatic nitrogens is 2. The normalized spacial score (nSPS) is 17.5. The molecule has 1 saturated carbocycles. The molecule has 0 spiro atoms. The highest BCUT2D eigenvalue weighted by molar-refractivity contribution is 7.91. The molecule has 0 saturated heterocycles. The first-order valence-electron chi connectivity index (χ1n) is 7.51. The lowest BCUT2D eigenvalue weighted by Gasteiger charge is -2.17. The van der Waals surface area contributed by atoms with Crippen LogP contribution in [-0.2, 0) is 15.4 Å². The molecule has 0 atom stereocenters. The van der Waals surface area contributed by atoms with Gasteiger partial charge in [-0.2, -0.15) is 4.98 Å². The summed E-state index contributed by atoms with van der Waals surface area (Å²) in [4.78, 5) is 4.54. The summed E-state index contributed by atoms with van der Waals surface area (Å²) in [6, 6.07) is 4.47. The molecule has 1 heterocycles. The van der Waals surface area contributed by atoms with Crippen LogP contribution in [0.25, 0.3) is 11.5 Å². The number of hydrogen-bond donors (Lipinski definition) is 1. The van der Waals surface area contributed by atoms with Crippen LogP contribution in [0.1, 0.15) is 38.4 Å². The van der Waals surface area contributed by atoms with E-state index in [-0.39, 0.29) is 16.5 Å². The van der Waals surface area contributed by atoms with Gasteiger partial charge in [-0.05, 0) is 31.0 Å². The van der Waals surface area contributed by atoms with Crippen LogP contribution in [0.15, 0.2) is 27.6 Å². The van der Waals surface area contributed by atoms with Gasteiger partial charge in [0.25, 0.3) is 5.89 Å². The SMILES string of the molecule is CCS(=O)(=O)c1ccc(Cl)c(-c2nc(C3(N)CCCC3)no2)c1. The Balaban J connectivity index is 2.02. The van der Waals surface area contributed by atoms with Gasteiger partial charge in [0.15, 0.2) is 15.7 Å². The Bertz CT molecular complexity index is 826. The van der Waals surface area contributed by atoms with Crippen LogP contribution in [-0.4, -0.2) is 24.3 Å². The number of rotatable bonds is 4. The van der Waals surface area contributed by atoms with E-state index in [9.17, 15) is 8.42 Å². The third-order valence-corrected chi connectivity index (χ3v) is 6.34. The summed E-state index contributed by atoms with van der Waals surface area (Å²) in [6.45, 7) is 1.59. The maximum atomic E-state index is 12.0. The van der Waals surface area contributed by atoms with Gasteiger partial charge in [-0.25, -0.2) is 8.42 Å². The van der Waals surface area contributed by atoms with Crippen LogP contribution in [0.4, 0.5) is 0 Å². The van der Waals surface area contributed by atoms with Crippen LogP contribution < -0.4 is 5.73 Å². The molecular formula is C15H18ClN3O3S. The molecule has 1 aliphatic rings. The first kappa shape index (κ1) is 16.4. The van der Waals surface area contributed by atoms with Crippen molar-refractivity contribution in [1.82, 2.24) is 10.1 Å². The van der Waals surface area contributed by atoms with Gasteiger partial charge in [0, 0.05) is 0 Å². The molecule has 8 heteroatoms. The standard InChI is InChI=1S/C15H18ClN3O3S/c1-2-23(20,21)10-5-6-12(16)11(9-10)13-18-14(19-22-13)15(17)7-3-4-8-15/h5-6,9H,2-4,7-8,17H2,1H3. The maximum absolute atomic E-state index is 12.0. The van der Waals surface area contributed by atoms with E-state index >= 15 is 0 Å². The van der Waals surface area contributed by atoms with Gasteiger partial charge in [0.2, 0.25) is 0 Å². The molecule has 0 amide bonds. The van der Waals surface area contributed by atoms with E-state index < -0.39 is 15.4 Å². The average Bonchev–Trinajstić information content (AvgIpc) is 3.17. The van der Waals surface area contributed by atoms with Gasteiger partial charge in [-0.3, -0.25) is 0 Å². The highest BCUT2D eigenvalue weighted by Crippen LogP contribution is 2.36. The molecule has 1 fully saturated rings. The third kappa shape index (κ3) is 3.00. The van der Waals surface area contributed by atoms with E-state index in [1.165, 1.54) is 18.2 Å². The highest BCUT2D eigenvalue weighted by Gasteiger charge is 2.36. The predicted molar refractivity (Wildman–Crippen MR) is 86.8 cm³/mol. The molecule has 0 radical (unpaired) electrons. The minimum absolute atomic E-state index is 0.00899. The van der Waals surface area contributed by atoms with E-state index in [2.05, 4.69) is 10.1 Å². The fourth-order valence-corrected chi connectivity index (χ4v) is 3.90. The van der Waals surface area contributed by atoms with E-state index in [1.807, 2.05) is 0 Å². The lowest BCUT2D eigenvalue weighted by Crippen LogP contribution is -2.34. The lowest BCUT2D eigenvalue weighted by atomic mass is 9.99. The summed E-state index contributed by atoms with van der Waals surface area (Å²) in [5, 5.41) is 4.33. The minimum Gasteiger partial charge on any atom is -0.334 e. The molecule has 0 unspecified atom stereocenters. The summed E-state index contributed by atoms with van der Waals surface area (Å²) in [6.07, 6.45) is 3.69. The van der Waals surface area contributed by atoms with Crippen molar-refractivity contribution in [1.29, 1.82) is 0 Å². The lowest BCUT2D eigenvalue weighted by molar-refractivity contribution is 0.372. The van der Waals surface area contributed by atoms with Gasteiger partial charge in [-0.15, -0.1) is 0 Å². The smallest absolute Gasteiger partial charge is 0.259 e. The summed E-state index contributed by atoms with van der Waals surface area (Å²) >= 11 is 6.17. The van der Waals surface area contributed by atoms with Crippen LogP contribution >= 0.6 is 11.6 Å². The Morgan fingerprint density at radius 3 is 2.70 bits per heavy atom. The second-order valence-corrected chi connectivity index (χ2v) is 8.52. The first-order valence-corrected chi connectivity index (χ1v) is 9.54. The van der Waals surface area contributed by atoms with Crippen molar-refractivity contribution in [3.05, 3.63) is 29.0 Å². The third-order valence-electron chi connectivity index (χ3n) is 4.27. The Hall–Kier alpha value is -1.44. The zero-order valence-corrected chi connectivity index (χ0v) is 14.3. The second-order valence-electron chi connectivity index (χ2n) is 5.83. The van der Waals surface area contributed by atoms with E-state index in [4.69, 9.17) is 21.9 Å². The molecule has 1 aliphatic carbocycles. The number of nitrogens with zero attached hydrogens (tertiary/aromatic N) is 2. The van der Waals surface area contributed by atoms with Crippen LogP contribution in [0.3, 0.4) is 0 Å². The molecule has 2 aromatic rings. The van der Waals surface area contributed by atoms with Crippen LogP contribution in [0.2, 0.25) is 5.02 Å². The fraction of sp³-hybridized carbons (Fsp3) is 0.467. The second kappa shape index (κ2) is 5.89. The summed E-state index contributed by atoms with van der Waals surface area (Å²) in [7, 11) is -3.34. The molecule has 0 bridgehead atoms. The number of benzene rings is 1. The van der Waals surface area contributed by atoms with E-state index in [1.54, 1.807) is 6.92 Å². The van der Waals surface area contributed by atoms with Crippen LogP contribution in [0, 0.1) is 0 Å². The van der Waals surface area contributed by atoms with Crippen molar-refractivity contribution >= 4 is 21.4 Å². The number of nitrogens with two attached hydrogens (primary N) is 1. The van der Waals surface area contributed by atoms with Crippen LogP contribution in [0.5, 0.6) is 0 Å². The fourth-order valence-electron chi connectivity index (χ4n) is 2.79. The maximum Gasteiger partial charge on any atom is 0.259 e. The quantitative estimate of drug-likeness (QED) is 0.905. The largest absolute Gasteiger partial charge is 0.334 e. The molecular weight excluding hydrogens is 338 g/mol. The monoisotopic (exact) mass is 355 g/mol. The van der Waals surface area contributed by atoms with Gasteiger partial charge >= 0.3 is 0 Å². The molecule has 1 aromatic heterocycles. The molecule has 0 aliphatic heterocycles. The van der Waals surface area contributed by atoms with Crippen molar-refractivity contribution in [3.8, 4) is 11.5 Å². The highest BCUT2D eigenvalue weighted by atomic mass is 35.5. The van der Waals surface area contributed by atoms with Gasteiger partial charge in [0.1, 0.15) is 0 Å². The summed E-state index contributed by atoms with van der Waals surface area (Å²) < 4.78 is 29.4. The van der Waals surface area contributed by atoms with Crippen molar-refractivity contribution in [2.45, 2.75) is 43.0 Å². The zero-order valence-electron chi connectivity index (χ0n) is 12.8. The molecule has 2 N–H and O–H groups in total. The Labute approximate surface area is 139 Å². The molecule has 124 valence electrons. The van der Waals surface area contributed by atoms with E-state index in [0.29, 0.717) is 16.4 Å². The first-order chi connectivity index (χ1) is 10.9. The van der Waals surface area contributed by atoms with Crippen molar-refractivity contribution in [2.75, 3.05) is 5.75 Å². The molecule has 23 heavy (non-hydrogen) atoms. The number of halogens is 1. The average molecular weight is 356 g/mol. The van der Waals surface area contributed by atoms with Crippen molar-refractivity contribution in [2.24, 2.45) is 5.73 Å². The molecule has 6 nitrogen and oxygen atoms in total. The van der Waals surface area contributed by atoms with E-state index in [0.717, 1.165) is 25.7 Å². The predicted octanol–water partition coefficient (Wildman–Crippen LogP) is 2.91. The molecule has 1 aromatic carbocycles. The minimum atomic E-state index is -3.34. The topological polar surface area (TPSA) is 99.1 Å². The van der Waals surface area contributed by atoms with Gasteiger partial charge in [-0.1, -0.05) is 36.5 Å². The van der Waals surface area contributed by atoms with Gasteiger partial charge in [0.05, 0.1) is 26.8 Å². The Morgan fingerprint density at radius 2 is 2.04 bits per heavy atom. The Morgan fingerprint density at radius 1 is 1.35 bits per heavy atom. The number of hydrogen-bond acceptors (Lipinski definition) is 6. The van der Waals surface area contributed by atoms with Crippen molar-refractivity contribution in [3.63, 3.8) is 0 Å². The summed E-state index contributed by atoms with van der Waals surface area (Å²) in [5.74, 6) is 0.648. The molecule has 3 rings (SSSR count). The summed E-state index contributed by atoms with van der Waals surface area (Å²) in [5.41, 5.74) is 6.15. The Kier molecular flexibility index (Phi) is 4.20. The van der Waals surface area contributed by atoms with Crippen molar-refractivity contribution < 1.29 is 12.9 Å².